The van der Waals surface area contributed by atoms with Crippen molar-refractivity contribution in [3.05, 3.63) is 165 Å². The van der Waals surface area contributed by atoms with Crippen LogP contribution in [-0.4, -0.2) is 82.6 Å². The molecule has 0 spiro atoms. The molecule has 2 N–H and O–H groups in total. The van der Waals surface area contributed by atoms with Crippen LogP contribution in [0.25, 0.3) is 11.1 Å². The maximum atomic E-state index is 13.3. The van der Waals surface area contributed by atoms with E-state index in [1.54, 1.807) is 24.3 Å². The summed E-state index contributed by atoms with van der Waals surface area (Å²) in [5.41, 5.74) is 7.03. The Bertz CT molecular complexity index is 2340. The molecule has 4 atom stereocenters. The maximum Gasteiger partial charge on any atom is 0.408 e. The monoisotopic (exact) mass is 825 g/mol. The third-order valence-electron chi connectivity index (χ3n) is 11.4. The first-order valence-electron chi connectivity index (χ1n) is 20.4. The number of nitrogens with one attached hydrogen (secondary N) is 1. The summed E-state index contributed by atoms with van der Waals surface area (Å²) in [6.07, 6.45) is -1.36. The molecule has 14 heteroatoms. The molecule has 5 aromatic rings. The summed E-state index contributed by atoms with van der Waals surface area (Å²) >= 11 is 0. The number of aliphatic hydroxyl groups excluding tert-OH is 1. The van der Waals surface area contributed by atoms with Crippen LogP contribution in [-0.2, 0) is 43.6 Å². The molecule has 0 aromatic heterocycles. The average Bonchev–Trinajstić information content (AvgIpc) is 3.55. The number of carbonyl (C=O) groups excluding carboxylic acids is 3. The van der Waals surface area contributed by atoms with Crippen molar-refractivity contribution in [1.29, 1.82) is 0 Å². The number of nitro benzene ring substituents is 1. The lowest BCUT2D eigenvalue weighted by atomic mass is 9.98. The number of rotatable bonds is 13. The van der Waals surface area contributed by atoms with E-state index in [0.29, 0.717) is 13.0 Å². The molecular formula is C47H47N5O9. The van der Waals surface area contributed by atoms with E-state index < -0.39 is 24.3 Å². The second kappa shape index (κ2) is 18.9. The van der Waals surface area contributed by atoms with Crippen molar-refractivity contribution in [3.8, 4) is 11.1 Å². The van der Waals surface area contributed by atoms with E-state index in [1.165, 1.54) is 4.90 Å². The Kier molecular flexibility index (Phi) is 12.8. The third kappa shape index (κ3) is 10.1. The summed E-state index contributed by atoms with van der Waals surface area (Å²) in [5, 5.41) is 23.3. The summed E-state index contributed by atoms with van der Waals surface area (Å²) < 4.78 is 18.7. The van der Waals surface area contributed by atoms with E-state index in [0.717, 1.165) is 70.8 Å². The Morgan fingerprint density at radius 3 is 2.21 bits per heavy atom. The molecule has 0 bridgehead atoms. The number of benzene rings is 5. The van der Waals surface area contributed by atoms with Gasteiger partial charge in [0.05, 0.1) is 36.7 Å². The van der Waals surface area contributed by atoms with Gasteiger partial charge in [-0.3, -0.25) is 29.5 Å². The van der Waals surface area contributed by atoms with Crippen LogP contribution >= 0.6 is 0 Å². The molecule has 0 aliphatic carbocycles. The minimum absolute atomic E-state index is 0.0470. The molecule has 3 aliphatic rings. The molecular weight excluding hydrogens is 779 g/mol. The fraction of sp³-hybridized carbons (Fsp3) is 0.298. The summed E-state index contributed by atoms with van der Waals surface area (Å²) in [4.78, 5) is 55.3. The summed E-state index contributed by atoms with van der Waals surface area (Å²) in [6.45, 7) is 3.91. The standard InChI is InChI=1S/C47H47N5O9/c53-30-32-12-14-35(15-13-32)43-26-41(29-49-20-22-50(23-21-49)39-16-18-40(19-17-39)52(57)58)60-46(61-43)38-11-5-10-37(25-38)36-9-4-8-34(24-36)28-51-44(54)27-42(45(51)55)48-47(56)59-31-33-6-2-1-3-7-33/h1-19,24-25,41-43,46,53H,20-23,26-31H2,(H,48,56)/t41-,42?,43+,46+/m0/s1. The molecule has 14 nitrogen and oxygen atoms in total. The molecule has 3 amide bonds. The molecule has 3 saturated heterocycles. The van der Waals surface area contributed by atoms with Gasteiger partial charge >= 0.3 is 6.09 Å². The average molecular weight is 826 g/mol. The lowest BCUT2D eigenvalue weighted by Crippen LogP contribution is -2.49. The number of alkyl carbamates (subject to hydrolysis) is 1. The molecule has 3 aliphatic heterocycles. The Morgan fingerprint density at radius 2 is 1.49 bits per heavy atom. The number of non-ortho nitro benzene ring substituents is 1. The minimum atomic E-state index is -1.00. The smallest absolute Gasteiger partial charge is 0.408 e. The van der Waals surface area contributed by atoms with Crippen LogP contribution in [0.1, 0.15) is 53.1 Å². The van der Waals surface area contributed by atoms with Crippen LogP contribution in [0.15, 0.2) is 127 Å². The largest absolute Gasteiger partial charge is 0.445 e. The van der Waals surface area contributed by atoms with Gasteiger partial charge in [-0.2, -0.15) is 0 Å². The number of anilines is 1. The Morgan fingerprint density at radius 1 is 0.787 bits per heavy atom. The summed E-state index contributed by atoms with van der Waals surface area (Å²) in [6, 6.07) is 38.3. The van der Waals surface area contributed by atoms with Crippen molar-refractivity contribution in [2.45, 2.75) is 57.1 Å². The first-order chi connectivity index (χ1) is 29.7. The highest BCUT2D eigenvalue weighted by molar-refractivity contribution is 6.06. The highest BCUT2D eigenvalue weighted by Gasteiger charge is 2.40. The molecule has 1 unspecified atom stereocenters. The van der Waals surface area contributed by atoms with Crippen molar-refractivity contribution in [3.63, 3.8) is 0 Å². The number of likely N-dealkylation sites (tertiary alicyclic amines) is 1. The number of amides is 3. The number of hydrogen-bond acceptors (Lipinski definition) is 11. The molecule has 5 aromatic carbocycles. The number of nitro groups is 1. The second-order valence-electron chi connectivity index (χ2n) is 15.5. The van der Waals surface area contributed by atoms with E-state index in [4.69, 9.17) is 14.2 Å². The lowest BCUT2D eigenvalue weighted by Gasteiger charge is -2.41. The molecule has 3 fully saturated rings. The van der Waals surface area contributed by atoms with Crippen molar-refractivity contribution in [1.82, 2.24) is 15.1 Å². The Hall–Kier alpha value is -6.45. The fourth-order valence-corrected chi connectivity index (χ4v) is 8.06. The zero-order chi connectivity index (χ0) is 42.3. The van der Waals surface area contributed by atoms with Crippen molar-refractivity contribution < 1.29 is 38.6 Å². The molecule has 61 heavy (non-hydrogen) atoms. The van der Waals surface area contributed by atoms with Gasteiger partial charge in [-0.1, -0.05) is 91.0 Å². The molecule has 0 saturated carbocycles. The second-order valence-corrected chi connectivity index (χ2v) is 15.5. The van der Waals surface area contributed by atoms with Crippen LogP contribution in [0.2, 0.25) is 0 Å². The van der Waals surface area contributed by atoms with Crippen LogP contribution in [0.4, 0.5) is 16.2 Å². The van der Waals surface area contributed by atoms with E-state index in [-0.39, 0.29) is 54.9 Å². The van der Waals surface area contributed by atoms with E-state index in [9.17, 15) is 29.6 Å². The zero-order valence-corrected chi connectivity index (χ0v) is 33.5. The number of ether oxygens (including phenoxy) is 3. The Balaban J connectivity index is 0.929. The van der Waals surface area contributed by atoms with Gasteiger partial charge < -0.3 is 29.5 Å². The van der Waals surface area contributed by atoms with Gasteiger partial charge in [-0.15, -0.1) is 0 Å². The van der Waals surface area contributed by atoms with E-state index >= 15 is 0 Å². The molecule has 3 heterocycles. The van der Waals surface area contributed by atoms with Crippen LogP contribution in [0.5, 0.6) is 0 Å². The number of aliphatic hydroxyl groups is 1. The quantitative estimate of drug-likeness (QED) is 0.0740. The van der Waals surface area contributed by atoms with E-state index in [2.05, 4.69) is 15.1 Å². The number of nitrogens with zero attached hydrogens (tertiary/aromatic N) is 4. The first kappa shape index (κ1) is 41.3. The SMILES string of the molecule is O=C(NC1CC(=O)N(Cc2cccc(-c3cccc([C@@H]4O[C@H](CN5CCN(c6ccc([N+](=O)[O-])cc6)CC5)C[C@H](c5ccc(CO)cc5)O4)c3)c2)C1=O)OCc1ccccc1. The maximum absolute atomic E-state index is 13.3. The molecule has 8 rings (SSSR count). The normalized spacial score (nSPS) is 20.7. The van der Waals surface area contributed by atoms with Crippen molar-refractivity contribution >= 4 is 29.3 Å². The van der Waals surface area contributed by atoms with Gasteiger partial charge in [-0.25, -0.2) is 4.79 Å². The number of hydrogen-bond donors (Lipinski definition) is 2. The highest BCUT2D eigenvalue weighted by atomic mass is 16.7. The van der Waals surface area contributed by atoms with Crippen LogP contribution < -0.4 is 10.2 Å². The predicted octanol–water partition coefficient (Wildman–Crippen LogP) is 6.68. The third-order valence-corrected chi connectivity index (χ3v) is 11.4. The summed E-state index contributed by atoms with van der Waals surface area (Å²) in [7, 11) is 0. The van der Waals surface area contributed by atoms with Crippen molar-refractivity contribution in [2.24, 2.45) is 0 Å². The zero-order valence-electron chi connectivity index (χ0n) is 33.5. The van der Waals surface area contributed by atoms with Crippen LogP contribution in [0, 0.1) is 10.1 Å². The van der Waals surface area contributed by atoms with Gasteiger partial charge in [-0.05, 0) is 57.6 Å². The highest BCUT2D eigenvalue weighted by Crippen LogP contribution is 2.39. The van der Waals surface area contributed by atoms with Gasteiger partial charge in [0.25, 0.3) is 11.6 Å². The molecule has 0 radical (unpaired) electrons. The lowest BCUT2D eigenvalue weighted by molar-refractivity contribution is -0.384. The minimum Gasteiger partial charge on any atom is -0.445 e. The Labute approximate surface area is 353 Å². The van der Waals surface area contributed by atoms with Crippen molar-refractivity contribution in [2.75, 3.05) is 37.6 Å². The summed E-state index contributed by atoms with van der Waals surface area (Å²) in [5.74, 6) is -0.860. The van der Waals surface area contributed by atoms with Gasteiger partial charge in [0, 0.05) is 62.5 Å². The van der Waals surface area contributed by atoms with Gasteiger partial charge in [0.1, 0.15) is 12.6 Å². The molecule has 314 valence electrons. The van der Waals surface area contributed by atoms with E-state index in [1.807, 2.05) is 103 Å². The number of carbonyl (C=O) groups is 3. The van der Waals surface area contributed by atoms with Crippen LogP contribution in [0.3, 0.4) is 0 Å². The topological polar surface area (TPSA) is 164 Å². The van der Waals surface area contributed by atoms with Gasteiger partial charge in [0.2, 0.25) is 5.91 Å². The number of imide groups is 1. The first-order valence-corrected chi connectivity index (χ1v) is 20.4. The number of piperazine rings is 1. The van der Waals surface area contributed by atoms with Gasteiger partial charge in [0.15, 0.2) is 6.29 Å². The predicted molar refractivity (Wildman–Crippen MR) is 226 cm³/mol. The fourth-order valence-electron chi connectivity index (χ4n) is 8.06.